The van der Waals surface area contributed by atoms with E-state index in [0.29, 0.717) is 16.3 Å². The fourth-order valence-corrected chi connectivity index (χ4v) is 4.12. The fraction of sp³-hybridized carbons (Fsp3) is 0. The van der Waals surface area contributed by atoms with Crippen molar-refractivity contribution in [2.24, 2.45) is 0 Å². The first kappa shape index (κ1) is 13.4. The largest absolute Gasteiger partial charge is 0.268 e. The average Bonchev–Trinajstić information content (AvgIpc) is 3.03. The summed E-state index contributed by atoms with van der Waals surface area (Å²) in [5, 5.41) is 2.04. The number of aromatic nitrogens is 1. The van der Waals surface area contributed by atoms with Crippen LogP contribution >= 0.6 is 11.3 Å². The number of thiazole rings is 1. The van der Waals surface area contributed by atoms with Gasteiger partial charge in [0.15, 0.2) is 0 Å². The van der Waals surface area contributed by atoms with Crippen LogP contribution in [-0.2, 0) is 0 Å². The number of anilines is 1. The molecule has 1 aromatic heterocycles. The molecule has 0 aliphatic carbocycles. The lowest BCUT2D eigenvalue weighted by molar-refractivity contribution is 0.0893. The van der Waals surface area contributed by atoms with E-state index in [-0.39, 0.29) is 11.8 Å². The third kappa shape index (κ3) is 1.70. The highest BCUT2D eigenvalue weighted by Gasteiger charge is 2.35. The summed E-state index contributed by atoms with van der Waals surface area (Å²) in [5.74, 6) is -0.633. The molecule has 0 N–H and O–H groups in total. The van der Waals surface area contributed by atoms with Crippen molar-refractivity contribution in [3.05, 3.63) is 71.8 Å². The maximum Gasteiger partial charge on any atom is 0.267 e. The van der Waals surface area contributed by atoms with Gasteiger partial charge in [0.2, 0.25) is 5.13 Å². The molecule has 4 aromatic rings. The number of carbonyl (C=O) groups excluding carboxylic acids is 2. The lowest BCUT2D eigenvalue weighted by Crippen LogP contribution is -2.40. The molecule has 0 unspecified atom stereocenters. The molecule has 24 heavy (non-hydrogen) atoms. The number of rotatable bonds is 1. The van der Waals surface area contributed by atoms with Crippen molar-refractivity contribution in [2.45, 2.75) is 0 Å². The number of carbonyl (C=O) groups is 2. The van der Waals surface area contributed by atoms with Crippen molar-refractivity contribution >= 4 is 49.3 Å². The number of fused-ring (bicyclic) bond motifs is 1. The zero-order chi connectivity index (χ0) is 16.3. The molecule has 0 atom stereocenters. The maximum absolute atomic E-state index is 13.0. The zero-order valence-electron chi connectivity index (χ0n) is 12.4. The van der Waals surface area contributed by atoms with Gasteiger partial charge in [-0.3, -0.25) is 9.59 Å². The summed E-state index contributed by atoms with van der Waals surface area (Å²) >= 11 is 1.35. The molecule has 114 valence electrons. The van der Waals surface area contributed by atoms with Gasteiger partial charge in [-0.2, -0.15) is 0 Å². The highest BCUT2D eigenvalue weighted by Crippen LogP contribution is 2.36. The van der Waals surface area contributed by atoms with Gasteiger partial charge in [-0.15, -0.1) is 0 Å². The second-order valence-electron chi connectivity index (χ2n) is 5.62. The van der Waals surface area contributed by atoms with E-state index in [1.807, 2.05) is 48.5 Å². The summed E-state index contributed by atoms with van der Waals surface area (Å²) in [4.78, 5) is 31.6. The van der Waals surface area contributed by atoms with Crippen molar-refractivity contribution in [3.8, 4) is 0 Å². The van der Waals surface area contributed by atoms with Crippen molar-refractivity contribution in [2.75, 3.05) is 4.90 Å². The van der Waals surface area contributed by atoms with Gasteiger partial charge in [-0.1, -0.05) is 47.7 Å². The van der Waals surface area contributed by atoms with Crippen LogP contribution in [0, 0.1) is 0 Å². The van der Waals surface area contributed by atoms with Crippen LogP contribution in [0.2, 0.25) is 0 Å². The van der Waals surface area contributed by atoms with Crippen molar-refractivity contribution in [1.29, 1.82) is 0 Å². The molecule has 3 aromatic carbocycles. The summed E-state index contributed by atoms with van der Waals surface area (Å²) in [6.07, 6.45) is 0. The highest BCUT2D eigenvalue weighted by atomic mass is 32.1. The number of benzene rings is 3. The van der Waals surface area contributed by atoms with Crippen molar-refractivity contribution < 1.29 is 9.59 Å². The van der Waals surface area contributed by atoms with E-state index in [4.69, 9.17) is 0 Å². The van der Waals surface area contributed by atoms with Gasteiger partial charge in [-0.25, -0.2) is 9.88 Å². The Morgan fingerprint density at radius 1 is 0.792 bits per heavy atom. The van der Waals surface area contributed by atoms with Crippen LogP contribution in [0.25, 0.3) is 21.0 Å². The second-order valence-corrected chi connectivity index (χ2v) is 6.63. The molecular weight excluding hydrogens is 320 g/mol. The molecule has 0 saturated heterocycles. The third-order valence-corrected chi connectivity index (χ3v) is 5.27. The first-order valence-electron chi connectivity index (χ1n) is 7.50. The molecule has 5 heteroatoms. The Labute approximate surface area is 141 Å². The van der Waals surface area contributed by atoms with E-state index >= 15 is 0 Å². The average molecular weight is 330 g/mol. The summed E-state index contributed by atoms with van der Waals surface area (Å²) in [5.41, 5.74) is 1.87. The van der Waals surface area contributed by atoms with Gasteiger partial charge in [0.1, 0.15) is 0 Å². The number of hydrogen-bond acceptors (Lipinski definition) is 4. The molecule has 0 spiro atoms. The van der Waals surface area contributed by atoms with Crippen LogP contribution in [0.3, 0.4) is 0 Å². The highest BCUT2D eigenvalue weighted by molar-refractivity contribution is 7.22. The summed E-state index contributed by atoms with van der Waals surface area (Å²) in [6, 6.07) is 18.7. The summed E-state index contributed by atoms with van der Waals surface area (Å²) < 4.78 is 0.949. The summed E-state index contributed by atoms with van der Waals surface area (Å²) in [7, 11) is 0. The van der Waals surface area contributed by atoms with Gasteiger partial charge < -0.3 is 0 Å². The van der Waals surface area contributed by atoms with Crippen molar-refractivity contribution in [3.63, 3.8) is 0 Å². The Balaban J connectivity index is 1.77. The molecule has 5 rings (SSSR count). The van der Waals surface area contributed by atoms with Crippen LogP contribution < -0.4 is 4.90 Å². The zero-order valence-corrected chi connectivity index (χ0v) is 13.2. The van der Waals surface area contributed by atoms with E-state index in [1.54, 1.807) is 12.1 Å². The predicted octanol–water partition coefficient (Wildman–Crippen LogP) is 4.25. The molecule has 4 nitrogen and oxygen atoms in total. The summed E-state index contributed by atoms with van der Waals surface area (Å²) in [6.45, 7) is 0. The minimum atomic E-state index is -0.316. The lowest BCUT2D eigenvalue weighted by Gasteiger charge is -2.24. The molecule has 0 radical (unpaired) electrons. The Morgan fingerprint density at radius 3 is 2.12 bits per heavy atom. The first-order chi connectivity index (χ1) is 11.7. The van der Waals surface area contributed by atoms with Crippen LogP contribution in [0.1, 0.15) is 20.7 Å². The molecule has 0 bridgehead atoms. The van der Waals surface area contributed by atoms with E-state index < -0.39 is 0 Å². The topological polar surface area (TPSA) is 50.3 Å². The maximum atomic E-state index is 13.0. The minimum absolute atomic E-state index is 0.316. The number of amides is 2. The Morgan fingerprint density at radius 2 is 1.46 bits per heavy atom. The molecule has 2 heterocycles. The Kier molecular flexibility index (Phi) is 2.64. The number of imide groups is 1. The lowest BCUT2D eigenvalue weighted by atomic mass is 9.94. The quantitative estimate of drug-likeness (QED) is 0.490. The third-order valence-electron chi connectivity index (χ3n) is 4.25. The van der Waals surface area contributed by atoms with E-state index in [1.165, 1.54) is 16.2 Å². The van der Waals surface area contributed by atoms with Crippen LogP contribution in [0.15, 0.2) is 60.7 Å². The van der Waals surface area contributed by atoms with Gasteiger partial charge in [0.05, 0.1) is 10.2 Å². The van der Waals surface area contributed by atoms with Crippen molar-refractivity contribution in [1.82, 2.24) is 4.98 Å². The molecule has 1 aliphatic heterocycles. The van der Waals surface area contributed by atoms with Crippen LogP contribution in [0.4, 0.5) is 5.13 Å². The number of nitrogens with zero attached hydrogens (tertiary/aromatic N) is 2. The van der Waals surface area contributed by atoms with E-state index in [0.717, 1.165) is 21.0 Å². The van der Waals surface area contributed by atoms with E-state index in [2.05, 4.69) is 4.98 Å². The predicted molar refractivity (Wildman–Crippen MR) is 94.7 cm³/mol. The minimum Gasteiger partial charge on any atom is -0.268 e. The molecule has 1 aliphatic rings. The smallest absolute Gasteiger partial charge is 0.267 e. The number of para-hydroxylation sites is 1. The standard InChI is InChI=1S/C19H10N2O2S/c22-17-12-7-3-5-11-6-4-8-13(16(11)12)18(23)21(17)19-20-14-9-1-2-10-15(14)24-19/h1-10H. The van der Waals surface area contributed by atoms with Crippen LogP contribution in [0.5, 0.6) is 0 Å². The van der Waals surface area contributed by atoms with E-state index in [9.17, 15) is 9.59 Å². The normalized spacial score (nSPS) is 13.9. The number of hydrogen-bond donors (Lipinski definition) is 0. The Bertz CT molecular complexity index is 1080. The second kappa shape index (κ2) is 4.72. The SMILES string of the molecule is O=C1c2cccc3cccc(c23)C(=O)N1c1nc2ccccc2s1. The molecule has 2 amide bonds. The Hall–Kier alpha value is -3.05. The fourth-order valence-electron chi connectivity index (χ4n) is 3.16. The van der Waals surface area contributed by atoms with Gasteiger partial charge in [-0.05, 0) is 29.7 Å². The van der Waals surface area contributed by atoms with Crippen LogP contribution in [-0.4, -0.2) is 16.8 Å². The van der Waals surface area contributed by atoms with Gasteiger partial charge in [0, 0.05) is 16.5 Å². The van der Waals surface area contributed by atoms with Gasteiger partial charge >= 0.3 is 0 Å². The monoisotopic (exact) mass is 330 g/mol. The van der Waals surface area contributed by atoms with Gasteiger partial charge in [0.25, 0.3) is 11.8 Å². The molecule has 0 saturated carbocycles. The molecule has 0 fully saturated rings. The molecular formula is C19H10N2O2S. The first-order valence-corrected chi connectivity index (χ1v) is 8.32.